The van der Waals surface area contributed by atoms with E-state index in [9.17, 15) is 13.2 Å². The zero-order chi connectivity index (χ0) is 19.8. The van der Waals surface area contributed by atoms with E-state index < -0.39 is 15.9 Å². The minimum absolute atomic E-state index is 0.0543. The summed E-state index contributed by atoms with van der Waals surface area (Å²) in [5, 5.41) is 2.68. The van der Waals surface area contributed by atoms with E-state index in [1.54, 1.807) is 24.3 Å². The third-order valence-electron chi connectivity index (χ3n) is 3.73. The summed E-state index contributed by atoms with van der Waals surface area (Å²) in [7, 11) is -3.94. The molecule has 144 valence electrons. The van der Waals surface area contributed by atoms with Gasteiger partial charge in [-0.05, 0) is 36.4 Å². The highest BCUT2D eigenvalue weighted by Gasteiger charge is 2.22. The number of benzene rings is 2. The Morgan fingerprint density at radius 3 is 2.46 bits per heavy atom. The maximum Gasteiger partial charge on any atom is 0.262 e. The molecule has 28 heavy (non-hydrogen) atoms. The number of anilines is 1. The van der Waals surface area contributed by atoms with Gasteiger partial charge in [-0.3, -0.25) is 14.5 Å². The van der Waals surface area contributed by atoms with Crippen molar-refractivity contribution in [1.82, 2.24) is 10.3 Å². The highest BCUT2D eigenvalue weighted by molar-refractivity contribution is 7.92. The molecular weight excluding hydrogens is 378 g/mol. The molecule has 0 aliphatic rings. The van der Waals surface area contributed by atoms with E-state index in [1.807, 2.05) is 30.3 Å². The van der Waals surface area contributed by atoms with Crippen molar-refractivity contribution in [2.75, 3.05) is 17.9 Å². The number of para-hydroxylation sites is 1. The molecule has 0 aliphatic carbocycles. The van der Waals surface area contributed by atoms with E-state index in [4.69, 9.17) is 4.74 Å². The van der Waals surface area contributed by atoms with Crippen LogP contribution in [0.2, 0.25) is 0 Å². The van der Waals surface area contributed by atoms with Crippen molar-refractivity contribution >= 4 is 21.6 Å². The molecule has 0 saturated carbocycles. The summed E-state index contributed by atoms with van der Waals surface area (Å²) in [4.78, 5) is 16.3. The predicted molar refractivity (Wildman–Crippen MR) is 106 cm³/mol. The molecule has 3 aromatic rings. The highest BCUT2D eigenvalue weighted by atomic mass is 32.2. The molecule has 0 atom stereocenters. The number of carbonyl (C=O) groups excluding carboxylic acids is 1. The number of sulfonamides is 1. The molecular formula is C20H19N3O4S. The standard InChI is InChI=1S/C20H19N3O4S/c24-20(22-13-14-27-17-8-2-1-3-9-17)18-10-4-5-11-19(18)28(25,26)23-16-7-6-12-21-15-16/h1-12,15,23H,13-14H2,(H,22,24). The largest absolute Gasteiger partial charge is 0.492 e. The second kappa shape index (κ2) is 9.01. The number of rotatable bonds is 8. The Kier molecular flexibility index (Phi) is 6.23. The lowest BCUT2D eigenvalue weighted by Gasteiger charge is -2.12. The summed E-state index contributed by atoms with van der Waals surface area (Å²) in [6, 6.07) is 18.4. The van der Waals surface area contributed by atoms with Gasteiger partial charge in [0.05, 0.1) is 24.0 Å². The number of nitrogens with one attached hydrogen (secondary N) is 2. The molecule has 2 N–H and O–H groups in total. The van der Waals surface area contributed by atoms with Gasteiger partial charge >= 0.3 is 0 Å². The number of hydrogen-bond donors (Lipinski definition) is 2. The second-order valence-corrected chi connectivity index (χ2v) is 7.41. The van der Waals surface area contributed by atoms with Crippen LogP contribution in [-0.2, 0) is 10.0 Å². The Hall–Kier alpha value is -3.39. The quantitative estimate of drug-likeness (QED) is 0.570. The van der Waals surface area contributed by atoms with Crippen LogP contribution < -0.4 is 14.8 Å². The number of nitrogens with zero attached hydrogens (tertiary/aromatic N) is 1. The second-order valence-electron chi connectivity index (χ2n) is 5.76. The van der Waals surface area contributed by atoms with Crippen LogP contribution in [0.4, 0.5) is 5.69 Å². The summed E-state index contributed by atoms with van der Waals surface area (Å²) < 4.78 is 33.3. The van der Waals surface area contributed by atoms with Crippen molar-refractivity contribution in [1.29, 1.82) is 0 Å². The van der Waals surface area contributed by atoms with Gasteiger partial charge in [-0.15, -0.1) is 0 Å². The highest BCUT2D eigenvalue weighted by Crippen LogP contribution is 2.19. The summed E-state index contributed by atoms with van der Waals surface area (Å²) >= 11 is 0. The van der Waals surface area contributed by atoms with E-state index in [0.29, 0.717) is 11.4 Å². The average molecular weight is 397 g/mol. The van der Waals surface area contributed by atoms with E-state index in [1.165, 1.54) is 24.5 Å². The Labute approximate surface area is 163 Å². The first-order chi connectivity index (χ1) is 13.6. The van der Waals surface area contributed by atoms with Gasteiger partial charge in [0, 0.05) is 6.20 Å². The average Bonchev–Trinajstić information content (AvgIpc) is 2.72. The molecule has 3 rings (SSSR count). The Morgan fingerprint density at radius 1 is 0.964 bits per heavy atom. The minimum atomic E-state index is -3.94. The van der Waals surface area contributed by atoms with Crippen molar-refractivity contribution in [3.8, 4) is 5.75 Å². The van der Waals surface area contributed by atoms with Gasteiger partial charge in [-0.25, -0.2) is 8.42 Å². The summed E-state index contributed by atoms with van der Waals surface area (Å²) in [6.07, 6.45) is 2.93. The first kappa shape index (κ1) is 19.4. The van der Waals surface area contributed by atoms with Gasteiger partial charge in [-0.1, -0.05) is 30.3 Å². The SMILES string of the molecule is O=C(NCCOc1ccccc1)c1ccccc1S(=O)(=O)Nc1cccnc1. The van der Waals surface area contributed by atoms with Gasteiger partial charge in [0.2, 0.25) is 0 Å². The number of pyridine rings is 1. The topological polar surface area (TPSA) is 97.4 Å². The molecule has 1 amide bonds. The number of amides is 1. The molecule has 7 nitrogen and oxygen atoms in total. The molecule has 0 unspecified atom stereocenters. The van der Waals surface area contributed by atoms with Crippen molar-refractivity contribution in [2.45, 2.75) is 4.90 Å². The number of hydrogen-bond acceptors (Lipinski definition) is 5. The lowest BCUT2D eigenvalue weighted by atomic mass is 10.2. The molecule has 1 aromatic heterocycles. The zero-order valence-corrected chi connectivity index (χ0v) is 15.7. The number of carbonyl (C=O) groups is 1. The van der Waals surface area contributed by atoms with Crippen LogP contribution in [0.5, 0.6) is 5.75 Å². The molecule has 0 fully saturated rings. The normalized spacial score (nSPS) is 10.9. The summed E-state index contributed by atoms with van der Waals surface area (Å²) in [5.41, 5.74) is 0.368. The molecule has 0 aliphatic heterocycles. The summed E-state index contributed by atoms with van der Waals surface area (Å²) in [5.74, 6) is 0.198. The van der Waals surface area contributed by atoms with Gasteiger partial charge < -0.3 is 10.1 Å². The number of aromatic nitrogens is 1. The molecule has 0 spiro atoms. The first-order valence-electron chi connectivity index (χ1n) is 8.54. The van der Waals surface area contributed by atoms with Crippen molar-refractivity contribution < 1.29 is 17.9 Å². The Morgan fingerprint density at radius 2 is 1.71 bits per heavy atom. The fourth-order valence-corrected chi connectivity index (χ4v) is 3.72. The number of ether oxygens (including phenoxy) is 1. The van der Waals surface area contributed by atoms with Crippen molar-refractivity contribution in [3.63, 3.8) is 0 Å². The lowest BCUT2D eigenvalue weighted by Crippen LogP contribution is -2.30. The maximum absolute atomic E-state index is 12.7. The Bertz CT molecular complexity index is 1030. The predicted octanol–water partition coefficient (Wildman–Crippen LogP) is 2.69. The Balaban J connectivity index is 1.66. The molecule has 2 aromatic carbocycles. The third-order valence-corrected chi connectivity index (χ3v) is 5.17. The van der Waals surface area contributed by atoms with E-state index >= 15 is 0 Å². The van der Waals surface area contributed by atoms with Crippen LogP contribution in [-0.4, -0.2) is 32.5 Å². The smallest absolute Gasteiger partial charge is 0.262 e. The van der Waals surface area contributed by atoms with Crippen molar-refractivity contribution in [3.05, 3.63) is 84.7 Å². The molecule has 0 bridgehead atoms. The molecule has 8 heteroatoms. The van der Waals surface area contributed by atoms with Gasteiger partial charge in [0.1, 0.15) is 17.3 Å². The van der Waals surface area contributed by atoms with Crippen LogP contribution in [0.3, 0.4) is 0 Å². The maximum atomic E-state index is 12.7. The van der Waals surface area contributed by atoms with Crippen LogP contribution in [0, 0.1) is 0 Å². The monoisotopic (exact) mass is 397 g/mol. The van der Waals surface area contributed by atoms with E-state index in [-0.39, 0.29) is 23.6 Å². The van der Waals surface area contributed by atoms with Crippen LogP contribution in [0.25, 0.3) is 0 Å². The van der Waals surface area contributed by atoms with E-state index in [2.05, 4.69) is 15.0 Å². The van der Waals surface area contributed by atoms with Gasteiger partial charge in [0.15, 0.2) is 0 Å². The minimum Gasteiger partial charge on any atom is -0.492 e. The van der Waals surface area contributed by atoms with Gasteiger partial charge in [-0.2, -0.15) is 0 Å². The lowest BCUT2D eigenvalue weighted by molar-refractivity contribution is 0.0943. The summed E-state index contributed by atoms with van der Waals surface area (Å²) in [6.45, 7) is 0.497. The van der Waals surface area contributed by atoms with Crippen LogP contribution >= 0.6 is 0 Å². The zero-order valence-electron chi connectivity index (χ0n) is 14.9. The molecule has 0 saturated heterocycles. The fourth-order valence-electron chi connectivity index (χ4n) is 2.47. The van der Waals surface area contributed by atoms with Crippen molar-refractivity contribution in [2.24, 2.45) is 0 Å². The first-order valence-corrected chi connectivity index (χ1v) is 10.0. The fraction of sp³-hybridized carbons (Fsp3) is 0.100. The third kappa shape index (κ3) is 5.08. The van der Waals surface area contributed by atoms with Gasteiger partial charge in [0.25, 0.3) is 15.9 Å². The van der Waals surface area contributed by atoms with E-state index in [0.717, 1.165) is 0 Å². The van der Waals surface area contributed by atoms with Crippen LogP contribution in [0.15, 0.2) is 84.0 Å². The van der Waals surface area contributed by atoms with Crippen LogP contribution in [0.1, 0.15) is 10.4 Å². The molecule has 1 heterocycles. The molecule has 0 radical (unpaired) electrons.